The van der Waals surface area contributed by atoms with Crippen LogP contribution in [-0.4, -0.2) is 0 Å². The largest absolute Gasteiger partial charge is 0.0991 e. The quantitative estimate of drug-likeness (QED) is 0.570. The van der Waals surface area contributed by atoms with Crippen molar-refractivity contribution >= 4 is 0 Å². The molecule has 2 rings (SSSR count). The number of hydrogen-bond acceptors (Lipinski definition) is 0. The van der Waals surface area contributed by atoms with Crippen LogP contribution in [-0.2, 0) is 0 Å². The van der Waals surface area contributed by atoms with Crippen molar-refractivity contribution in [2.24, 2.45) is 17.8 Å². The summed E-state index contributed by atoms with van der Waals surface area (Å²) < 4.78 is 0. The summed E-state index contributed by atoms with van der Waals surface area (Å²) in [4.78, 5) is 0. The van der Waals surface area contributed by atoms with E-state index in [9.17, 15) is 0 Å². The molecule has 0 heteroatoms. The van der Waals surface area contributed by atoms with Crippen molar-refractivity contribution in [3.63, 3.8) is 0 Å². The van der Waals surface area contributed by atoms with Crippen molar-refractivity contribution in [1.29, 1.82) is 0 Å². The smallest absolute Gasteiger partial charge is 0.0316 e. The lowest BCUT2D eigenvalue weighted by molar-refractivity contribution is 0.487. The molecule has 0 aromatic rings. The van der Waals surface area contributed by atoms with Crippen LogP contribution in [0.25, 0.3) is 0 Å². The Balaban J connectivity index is 1.70. The highest BCUT2D eigenvalue weighted by Crippen LogP contribution is 2.56. The molecule has 0 heterocycles. The Bertz CT molecular complexity index is 234. The molecule has 0 aromatic carbocycles. The third-order valence-corrected chi connectivity index (χ3v) is 3.42. The van der Waals surface area contributed by atoms with Gasteiger partial charge in [-0.3, -0.25) is 0 Å². The van der Waals surface area contributed by atoms with Crippen LogP contribution in [0.2, 0.25) is 0 Å². The minimum Gasteiger partial charge on any atom is -0.0991 e. The summed E-state index contributed by atoms with van der Waals surface area (Å²) in [5.41, 5.74) is 0. The molecule has 2 aliphatic carbocycles. The molecule has 0 saturated heterocycles. The average Bonchev–Trinajstić information content (AvgIpc) is 2.82. The van der Waals surface area contributed by atoms with Gasteiger partial charge in [-0.2, -0.15) is 0 Å². The predicted molar refractivity (Wildman–Crippen MR) is 57.4 cm³/mol. The fourth-order valence-corrected chi connectivity index (χ4v) is 2.59. The van der Waals surface area contributed by atoms with E-state index in [0.717, 1.165) is 17.8 Å². The van der Waals surface area contributed by atoms with Crippen LogP contribution in [0.1, 0.15) is 25.7 Å². The van der Waals surface area contributed by atoms with Gasteiger partial charge in [0, 0.05) is 0 Å². The van der Waals surface area contributed by atoms with E-state index >= 15 is 0 Å². The van der Waals surface area contributed by atoms with Gasteiger partial charge in [-0.1, -0.05) is 37.0 Å². The van der Waals surface area contributed by atoms with Gasteiger partial charge in [0.25, 0.3) is 0 Å². The molecule has 0 aromatic heterocycles. The Hall–Kier alpha value is -0.780. The maximum atomic E-state index is 3.63. The molecule has 0 spiro atoms. The van der Waals surface area contributed by atoms with Crippen LogP contribution in [0.4, 0.5) is 0 Å². The van der Waals surface area contributed by atoms with Crippen molar-refractivity contribution in [1.82, 2.24) is 0 Å². The molecule has 3 unspecified atom stereocenters. The Morgan fingerprint density at radius 1 is 1.15 bits per heavy atom. The molecule has 2 aliphatic rings. The van der Waals surface area contributed by atoms with Crippen molar-refractivity contribution < 1.29 is 0 Å². The second-order valence-electron chi connectivity index (χ2n) is 4.28. The van der Waals surface area contributed by atoms with E-state index in [1.54, 1.807) is 0 Å². The van der Waals surface area contributed by atoms with Gasteiger partial charge >= 0.3 is 0 Å². The first-order valence-corrected chi connectivity index (χ1v) is 5.36. The van der Waals surface area contributed by atoms with Crippen LogP contribution in [0.5, 0.6) is 0 Å². The van der Waals surface area contributed by atoms with Gasteiger partial charge in [0.1, 0.15) is 0 Å². The molecule has 0 amide bonds. The molecule has 0 aliphatic heterocycles. The monoisotopic (exact) mass is 174 g/mol. The molecular formula is C13H18. The Labute approximate surface area is 81.0 Å². The summed E-state index contributed by atoms with van der Waals surface area (Å²) in [7, 11) is 0. The lowest BCUT2D eigenvalue weighted by atomic mass is 9.99. The number of fused-ring (bicyclic) bond motifs is 1. The highest BCUT2D eigenvalue weighted by Gasteiger charge is 2.46. The van der Waals surface area contributed by atoms with Crippen LogP contribution < -0.4 is 0 Å². The van der Waals surface area contributed by atoms with Crippen LogP contribution in [0.3, 0.4) is 0 Å². The first-order valence-electron chi connectivity index (χ1n) is 5.36. The topological polar surface area (TPSA) is 0 Å². The van der Waals surface area contributed by atoms with Gasteiger partial charge in [-0.15, -0.1) is 0 Å². The summed E-state index contributed by atoms with van der Waals surface area (Å²) >= 11 is 0. The second kappa shape index (κ2) is 3.95. The van der Waals surface area contributed by atoms with Gasteiger partial charge in [-0.05, 0) is 43.4 Å². The first-order chi connectivity index (χ1) is 6.42. The first kappa shape index (κ1) is 8.80. The Kier molecular flexibility index (Phi) is 2.68. The summed E-state index contributed by atoms with van der Waals surface area (Å²) in [6.45, 7) is 3.63. The average molecular weight is 174 g/mol. The van der Waals surface area contributed by atoms with E-state index in [0.29, 0.717) is 0 Å². The van der Waals surface area contributed by atoms with Gasteiger partial charge in [0.05, 0.1) is 0 Å². The lowest BCUT2D eigenvalue weighted by Crippen LogP contribution is -1.95. The Morgan fingerprint density at radius 2 is 2.08 bits per heavy atom. The molecule has 2 fully saturated rings. The van der Waals surface area contributed by atoms with E-state index in [1.807, 2.05) is 12.2 Å². The maximum absolute atomic E-state index is 3.63. The lowest BCUT2D eigenvalue weighted by Gasteiger charge is -2.06. The van der Waals surface area contributed by atoms with E-state index in [2.05, 4.69) is 24.8 Å². The fourth-order valence-electron chi connectivity index (χ4n) is 2.59. The van der Waals surface area contributed by atoms with Crippen molar-refractivity contribution in [2.45, 2.75) is 25.7 Å². The predicted octanol–water partition coefficient (Wildman–Crippen LogP) is 3.72. The van der Waals surface area contributed by atoms with Crippen molar-refractivity contribution in [3.05, 3.63) is 37.0 Å². The van der Waals surface area contributed by atoms with Gasteiger partial charge in [0.15, 0.2) is 0 Å². The normalized spacial score (nSPS) is 37.1. The molecule has 0 nitrogen and oxygen atoms in total. The summed E-state index contributed by atoms with van der Waals surface area (Å²) in [5, 5.41) is 0. The minimum atomic E-state index is 1.01. The number of hydrogen-bond donors (Lipinski definition) is 0. The zero-order valence-electron chi connectivity index (χ0n) is 8.15. The van der Waals surface area contributed by atoms with E-state index in [-0.39, 0.29) is 0 Å². The van der Waals surface area contributed by atoms with Crippen LogP contribution in [0, 0.1) is 17.8 Å². The molecular weight excluding hydrogens is 156 g/mol. The van der Waals surface area contributed by atoms with Gasteiger partial charge in [-0.25, -0.2) is 0 Å². The van der Waals surface area contributed by atoms with Gasteiger partial charge < -0.3 is 0 Å². The summed E-state index contributed by atoms with van der Waals surface area (Å²) in [6, 6.07) is 0. The van der Waals surface area contributed by atoms with Crippen LogP contribution in [0.15, 0.2) is 37.0 Å². The zero-order valence-corrected chi connectivity index (χ0v) is 8.15. The van der Waals surface area contributed by atoms with Gasteiger partial charge in [0.2, 0.25) is 0 Å². The van der Waals surface area contributed by atoms with Crippen molar-refractivity contribution in [3.8, 4) is 0 Å². The SMILES string of the molecule is C=C/C=C\C=C/CC1CCC2CC12. The molecule has 13 heavy (non-hydrogen) atoms. The van der Waals surface area contributed by atoms with Crippen LogP contribution >= 0.6 is 0 Å². The molecule has 0 bridgehead atoms. The van der Waals surface area contributed by atoms with Crippen molar-refractivity contribution in [2.75, 3.05) is 0 Å². The molecule has 70 valence electrons. The molecule has 0 radical (unpaired) electrons. The zero-order chi connectivity index (χ0) is 9.10. The maximum Gasteiger partial charge on any atom is -0.0316 e. The minimum absolute atomic E-state index is 1.01. The highest BCUT2D eigenvalue weighted by atomic mass is 14.5. The van der Waals surface area contributed by atoms with E-state index < -0.39 is 0 Å². The second-order valence-corrected chi connectivity index (χ2v) is 4.28. The third-order valence-electron chi connectivity index (χ3n) is 3.42. The molecule has 2 saturated carbocycles. The highest BCUT2D eigenvalue weighted by molar-refractivity contribution is 5.10. The van der Waals surface area contributed by atoms with E-state index in [4.69, 9.17) is 0 Å². The Morgan fingerprint density at radius 3 is 2.69 bits per heavy atom. The summed E-state index contributed by atoms with van der Waals surface area (Å²) in [5.74, 6) is 3.24. The standard InChI is InChI=1S/C13H18/c1-2-3-4-5-6-7-11-8-9-12-10-13(11)12/h2-6,11-13H,1,7-10H2/b4-3-,6-5-. The number of rotatable bonds is 4. The molecule has 3 atom stereocenters. The van der Waals surface area contributed by atoms with E-state index in [1.165, 1.54) is 25.7 Å². The third kappa shape index (κ3) is 2.12. The number of allylic oxidation sites excluding steroid dienone is 5. The fraction of sp³-hybridized carbons (Fsp3) is 0.538. The summed E-state index contributed by atoms with van der Waals surface area (Å²) in [6.07, 6.45) is 16.1. The molecule has 0 N–H and O–H groups in total.